The molecule has 2 rings (SSSR count). The van der Waals surface area contributed by atoms with Gasteiger partial charge < -0.3 is 14.8 Å². The number of hydrogen-bond acceptors (Lipinski definition) is 3. The van der Waals surface area contributed by atoms with Gasteiger partial charge in [-0.2, -0.15) is 0 Å². The molecule has 0 aromatic heterocycles. The third kappa shape index (κ3) is 6.10. The molecule has 4 nitrogen and oxygen atoms in total. The lowest BCUT2D eigenvalue weighted by molar-refractivity contribution is -0.122. The van der Waals surface area contributed by atoms with E-state index in [2.05, 4.69) is 19.2 Å². The number of nitrogens with one attached hydrogen (secondary N) is 1. The Hall–Kier alpha value is -2.49. The second-order valence-corrected chi connectivity index (χ2v) is 7.08. The smallest absolute Gasteiger partial charge is 0.265 e. The molecule has 0 saturated heterocycles. The summed E-state index contributed by atoms with van der Waals surface area (Å²) in [7, 11) is 0. The molecule has 0 fully saturated rings. The van der Waals surface area contributed by atoms with Gasteiger partial charge >= 0.3 is 0 Å². The van der Waals surface area contributed by atoms with E-state index in [0.717, 1.165) is 29.0 Å². The summed E-state index contributed by atoms with van der Waals surface area (Å²) in [6, 6.07) is 13.4. The number of benzene rings is 2. The topological polar surface area (TPSA) is 47.6 Å². The van der Waals surface area contributed by atoms with Crippen LogP contribution in [0.3, 0.4) is 0 Å². The summed E-state index contributed by atoms with van der Waals surface area (Å²) in [6.45, 7) is 10.7. The van der Waals surface area contributed by atoms with E-state index in [-0.39, 0.29) is 5.91 Å². The number of rotatable bonds is 8. The third-order valence-corrected chi connectivity index (χ3v) is 4.08. The number of aryl methyl sites for hydroxylation is 2. The van der Waals surface area contributed by atoms with Crippen molar-refractivity contribution < 1.29 is 14.3 Å². The van der Waals surface area contributed by atoms with Crippen LogP contribution in [0.2, 0.25) is 0 Å². The minimum atomic E-state index is -0.596. The van der Waals surface area contributed by atoms with Crippen LogP contribution in [0.4, 0.5) is 5.69 Å². The summed E-state index contributed by atoms with van der Waals surface area (Å²) in [5.74, 6) is 1.90. The third-order valence-electron chi connectivity index (χ3n) is 4.08. The summed E-state index contributed by atoms with van der Waals surface area (Å²) in [4.78, 5) is 12.5. The van der Waals surface area contributed by atoms with Gasteiger partial charge in [-0.05, 0) is 62.4 Å². The van der Waals surface area contributed by atoms with Gasteiger partial charge in [0, 0.05) is 11.8 Å². The van der Waals surface area contributed by atoms with Crippen molar-refractivity contribution in [3.8, 4) is 11.5 Å². The molecule has 0 bridgehead atoms. The minimum Gasteiger partial charge on any atom is -0.494 e. The number of carbonyl (C=O) groups is 1. The van der Waals surface area contributed by atoms with Crippen LogP contribution in [0.1, 0.15) is 38.3 Å². The summed E-state index contributed by atoms with van der Waals surface area (Å²) in [5, 5.41) is 2.89. The van der Waals surface area contributed by atoms with Gasteiger partial charge in [-0.25, -0.2) is 0 Å². The van der Waals surface area contributed by atoms with Crippen LogP contribution >= 0.6 is 0 Å². The van der Waals surface area contributed by atoms with E-state index < -0.39 is 6.10 Å². The fraction of sp³-hybridized carbons (Fsp3) is 0.409. The van der Waals surface area contributed by atoms with Crippen LogP contribution in [0.25, 0.3) is 0 Å². The molecule has 2 aromatic rings. The maximum Gasteiger partial charge on any atom is 0.265 e. The van der Waals surface area contributed by atoms with Gasteiger partial charge in [-0.15, -0.1) is 0 Å². The van der Waals surface area contributed by atoms with Crippen molar-refractivity contribution in [1.82, 2.24) is 0 Å². The first-order chi connectivity index (χ1) is 12.3. The molecule has 1 atom stereocenters. The molecule has 2 aromatic carbocycles. The number of carbonyl (C=O) groups excluding carboxylic acids is 1. The lowest BCUT2D eigenvalue weighted by Gasteiger charge is -2.17. The van der Waals surface area contributed by atoms with Crippen LogP contribution in [0.5, 0.6) is 11.5 Å². The van der Waals surface area contributed by atoms with Gasteiger partial charge in [0.15, 0.2) is 6.10 Å². The first kappa shape index (κ1) is 19.8. The molecule has 1 unspecified atom stereocenters. The largest absolute Gasteiger partial charge is 0.494 e. The first-order valence-electron chi connectivity index (χ1n) is 9.13. The fourth-order valence-corrected chi connectivity index (χ4v) is 2.40. The SMILES string of the molecule is Cc1ccc(C)c(OC(C)C(=O)Nc2cccc(OCCC(C)C)c2)c1. The van der Waals surface area contributed by atoms with Gasteiger partial charge in [-0.1, -0.05) is 32.0 Å². The zero-order valence-electron chi connectivity index (χ0n) is 16.3. The lowest BCUT2D eigenvalue weighted by atomic mass is 10.1. The van der Waals surface area contributed by atoms with Gasteiger partial charge in [0.05, 0.1) is 6.61 Å². The normalized spacial score (nSPS) is 11.9. The highest BCUT2D eigenvalue weighted by Gasteiger charge is 2.16. The molecule has 0 spiro atoms. The molecule has 0 radical (unpaired) electrons. The lowest BCUT2D eigenvalue weighted by Crippen LogP contribution is -2.30. The van der Waals surface area contributed by atoms with Crippen LogP contribution in [-0.2, 0) is 4.79 Å². The monoisotopic (exact) mass is 355 g/mol. The zero-order valence-corrected chi connectivity index (χ0v) is 16.3. The summed E-state index contributed by atoms with van der Waals surface area (Å²) < 4.78 is 11.6. The molecule has 1 amide bonds. The quantitative estimate of drug-likeness (QED) is 0.714. The van der Waals surface area contributed by atoms with E-state index in [9.17, 15) is 4.79 Å². The highest BCUT2D eigenvalue weighted by atomic mass is 16.5. The molecule has 0 aliphatic rings. The summed E-state index contributed by atoms with van der Waals surface area (Å²) >= 11 is 0. The standard InChI is InChI=1S/C22H29NO3/c1-15(2)11-12-25-20-8-6-7-19(14-20)23-22(24)18(5)26-21-13-16(3)9-10-17(21)4/h6-10,13-15,18H,11-12H2,1-5H3,(H,23,24). The first-order valence-corrected chi connectivity index (χ1v) is 9.13. The average molecular weight is 355 g/mol. The van der Waals surface area contributed by atoms with Crippen molar-refractivity contribution in [3.05, 3.63) is 53.6 Å². The molecule has 0 heterocycles. The zero-order chi connectivity index (χ0) is 19.1. The Morgan fingerprint density at radius 2 is 1.85 bits per heavy atom. The second-order valence-electron chi connectivity index (χ2n) is 7.08. The highest BCUT2D eigenvalue weighted by Crippen LogP contribution is 2.22. The average Bonchev–Trinajstić information content (AvgIpc) is 2.58. The van der Waals surface area contributed by atoms with Crippen molar-refractivity contribution in [2.24, 2.45) is 5.92 Å². The maximum absolute atomic E-state index is 12.5. The fourth-order valence-electron chi connectivity index (χ4n) is 2.40. The highest BCUT2D eigenvalue weighted by molar-refractivity contribution is 5.94. The number of hydrogen-bond donors (Lipinski definition) is 1. The molecular weight excluding hydrogens is 326 g/mol. The van der Waals surface area contributed by atoms with Crippen molar-refractivity contribution >= 4 is 11.6 Å². The van der Waals surface area contributed by atoms with Crippen molar-refractivity contribution in [2.45, 2.75) is 47.1 Å². The molecule has 0 saturated carbocycles. The van der Waals surface area contributed by atoms with Gasteiger partial charge in [-0.3, -0.25) is 4.79 Å². The number of ether oxygens (including phenoxy) is 2. The maximum atomic E-state index is 12.5. The molecule has 4 heteroatoms. The Morgan fingerprint density at radius 3 is 2.58 bits per heavy atom. The Labute approximate surface area is 156 Å². The summed E-state index contributed by atoms with van der Waals surface area (Å²) in [6.07, 6.45) is 0.401. The van der Waals surface area contributed by atoms with Crippen LogP contribution in [0, 0.1) is 19.8 Å². The van der Waals surface area contributed by atoms with Crippen LogP contribution in [-0.4, -0.2) is 18.6 Å². The minimum absolute atomic E-state index is 0.190. The van der Waals surface area contributed by atoms with Crippen LogP contribution < -0.4 is 14.8 Å². The van der Waals surface area contributed by atoms with Crippen LogP contribution in [0.15, 0.2) is 42.5 Å². The van der Waals surface area contributed by atoms with Gasteiger partial charge in [0.2, 0.25) is 0 Å². The van der Waals surface area contributed by atoms with E-state index in [1.165, 1.54) is 0 Å². The Bertz CT molecular complexity index is 740. The Kier molecular flexibility index (Phi) is 7.07. The van der Waals surface area contributed by atoms with E-state index >= 15 is 0 Å². The molecule has 26 heavy (non-hydrogen) atoms. The van der Waals surface area contributed by atoms with Crippen molar-refractivity contribution in [3.63, 3.8) is 0 Å². The van der Waals surface area contributed by atoms with E-state index in [4.69, 9.17) is 9.47 Å². The number of anilines is 1. The Balaban J connectivity index is 1.95. The number of amides is 1. The van der Waals surface area contributed by atoms with Crippen molar-refractivity contribution in [2.75, 3.05) is 11.9 Å². The van der Waals surface area contributed by atoms with E-state index in [1.54, 1.807) is 6.92 Å². The molecule has 0 aliphatic heterocycles. The van der Waals surface area contributed by atoms with E-state index in [0.29, 0.717) is 18.2 Å². The molecule has 140 valence electrons. The van der Waals surface area contributed by atoms with E-state index in [1.807, 2.05) is 56.3 Å². The summed E-state index contributed by atoms with van der Waals surface area (Å²) in [5.41, 5.74) is 2.81. The van der Waals surface area contributed by atoms with Gasteiger partial charge in [0.1, 0.15) is 11.5 Å². The molecular formula is C22H29NO3. The second kappa shape index (κ2) is 9.27. The van der Waals surface area contributed by atoms with Crippen molar-refractivity contribution in [1.29, 1.82) is 0 Å². The Morgan fingerprint density at radius 1 is 1.08 bits per heavy atom. The predicted octanol–water partition coefficient (Wildman–Crippen LogP) is 5.13. The molecule has 0 aliphatic carbocycles. The predicted molar refractivity (Wildman–Crippen MR) is 106 cm³/mol. The van der Waals surface area contributed by atoms with Gasteiger partial charge in [0.25, 0.3) is 5.91 Å². The molecule has 1 N–H and O–H groups in total.